The van der Waals surface area contributed by atoms with Gasteiger partial charge in [0.25, 0.3) is 0 Å². The summed E-state index contributed by atoms with van der Waals surface area (Å²) in [5.74, 6) is 0. The Hall–Kier alpha value is -0.610. The third-order valence-electron chi connectivity index (χ3n) is 2.67. The van der Waals surface area contributed by atoms with E-state index < -0.39 is 0 Å². The topological polar surface area (TPSA) is 51.8 Å². The van der Waals surface area contributed by atoms with E-state index in [0.717, 1.165) is 21.8 Å². The second-order valence-electron chi connectivity index (χ2n) is 4.01. The van der Waals surface area contributed by atoms with Gasteiger partial charge in [-0.2, -0.15) is 0 Å². The molecule has 2 rings (SSSR count). The number of rotatable bonds is 3. The second kappa shape index (κ2) is 4.94. The second-order valence-corrected chi connectivity index (χ2v) is 5.28. The van der Waals surface area contributed by atoms with Gasteiger partial charge in [0.2, 0.25) is 0 Å². The van der Waals surface area contributed by atoms with Gasteiger partial charge in [0.05, 0.1) is 5.69 Å². The van der Waals surface area contributed by atoms with Crippen molar-refractivity contribution in [3.63, 3.8) is 0 Å². The van der Waals surface area contributed by atoms with E-state index in [2.05, 4.69) is 9.97 Å². The summed E-state index contributed by atoms with van der Waals surface area (Å²) in [6.45, 7) is 2.50. The molecule has 0 aliphatic heterocycles. The molecule has 0 spiro atoms. The molecule has 0 radical (unpaired) electrons. The van der Waals surface area contributed by atoms with Gasteiger partial charge in [0.1, 0.15) is 0 Å². The van der Waals surface area contributed by atoms with Crippen LogP contribution in [0.4, 0.5) is 0 Å². The summed E-state index contributed by atoms with van der Waals surface area (Å²) in [5, 5.41) is 1.62. The molecule has 0 bridgehead atoms. The Labute approximate surface area is 94.9 Å². The van der Waals surface area contributed by atoms with Crippen LogP contribution < -0.4 is 5.73 Å². The summed E-state index contributed by atoms with van der Waals surface area (Å²) < 4.78 is 0. The molecule has 1 aromatic rings. The number of aromatic nitrogens is 2. The first-order chi connectivity index (χ1) is 7.28. The molecule has 1 fully saturated rings. The highest BCUT2D eigenvalue weighted by molar-refractivity contribution is 7.99. The van der Waals surface area contributed by atoms with Crippen LogP contribution in [0.3, 0.4) is 0 Å². The highest BCUT2D eigenvalue weighted by atomic mass is 32.2. The van der Waals surface area contributed by atoms with Crippen LogP contribution in [0.15, 0.2) is 11.2 Å². The SMILES string of the molecule is Cc1cc(CN)nc(SC2CCCC2)n1. The lowest BCUT2D eigenvalue weighted by Crippen LogP contribution is -2.04. The van der Waals surface area contributed by atoms with Crippen LogP contribution in [0.5, 0.6) is 0 Å². The standard InChI is InChI=1S/C11H17N3S/c1-8-6-9(7-12)14-11(13-8)15-10-4-2-3-5-10/h6,10H,2-5,7,12H2,1H3. The first-order valence-electron chi connectivity index (χ1n) is 5.49. The van der Waals surface area contributed by atoms with E-state index in [0.29, 0.717) is 6.54 Å². The lowest BCUT2D eigenvalue weighted by atomic mass is 10.3. The molecular formula is C11H17N3S. The summed E-state index contributed by atoms with van der Waals surface area (Å²) in [6, 6.07) is 1.96. The van der Waals surface area contributed by atoms with Crippen molar-refractivity contribution < 1.29 is 0 Å². The Balaban J connectivity index is 2.09. The third-order valence-corrected chi connectivity index (χ3v) is 3.87. The van der Waals surface area contributed by atoms with Gasteiger partial charge < -0.3 is 5.73 Å². The van der Waals surface area contributed by atoms with E-state index in [-0.39, 0.29) is 0 Å². The van der Waals surface area contributed by atoms with Crippen molar-refractivity contribution in [3.05, 3.63) is 17.5 Å². The van der Waals surface area contributed by atoms with Gasteiger partial charge in [-0.1, -0.05) is 24.6 Å². The smallest absolute Gasteiger partial charge is 0.188 e. The average molecular weight is 223 g/mol. The maximum Gasteiger partial charge on any atom is 0.188 e. The van der Waals surface area contributed by atoms with Crippen molar-refractivity contribution in [3.8, 4) is 0 Å². The molecule has 2 N–H and O–H groups in total. The lowest BCUT2D eigenvalue weighted by Gasteiger charge is -2.08. The molecule has 0 atom stereocenters. The third kappa shape index (κ3) is 2.92. The van der Waals surface area contributed by atoms with Crippen molar-refractivity contribution >= 4 is 11.8 Å². The van der Waals surface area contributed by atoms with Gasteiger partial charge in [-0.25, -0.2) is 9.97 Å². The van der Waals surface area contributed by atoms with Crippen molar-refractivity contribution in [2.24, 2.45) is 5.73 Å². The van der Waals surface area contributed by atoms with E-state index in [9.17, 15) is 0 Å². The highest BCUT2D eigenvalue weighted by Gasteiger charge is 2.17. The molecule has 1 aliphatic rings. The molecule has 1 saturated carbocycles. The van der Waals surface area contributed by atoms with Gasteiger partial charge in [-0.3, -0.25) is 0 Å². The number of hydrogen-bond acceptors (Lipinski definition) is 4. The zero-order valence-corrected chi connectivity index (χ0v) is 9.89. The van der Waals surface area contributed by atoms with E-state index >= 15 is 0 Å². The minimum atomic E-state index is 0.502. The van der Waals surface area contributed by atoms with Crippen LogP contribution in [0.1, 0.15) is 37.1 Å². The molecule has 1 aliphatic carbocycles. The normalized spacial score (nSPS) is 17.2. The predicted molar refractivity (Wildman–Crippen MR) is 62.8 cm³/mol. The average Bonchev–Trinajstić information content (AvgIpc) is 2.69. The molecule has 0 aromatic carbocycles. The Bertz CT molecular complexity index is 335. The minimum Gasteiger partial charge on any atom is -0.325 e. The van der Waals surface area contributed by atoms with Crippen molar-refractivity contribution in [1.82, 2.24) is 9.97 Å². The van der Waals surface area contributed by atoms with E-state index in [1.54, 1.807) is 0 Å². The zero-order chi connectivity index (χ0) is 10.7. The minimum absolute atomic E-state index is 0.502. The fourth-order valence-corrected chi connectivity index (χ4v) is 3.15. The number of nitrogens with two attached hydrogens (primary N) is 1. The molecule has 4 heteroatoms. The van der Waals surface area contributed by atoms with Gasteiger partial charge in [-0.15, -0.1) is 0 Å². The van der Waals surface area contributed by atoms with Gasteiger partial charge in [-0.05, 0) is 25.8 Å². The molecule has 1 heterocycles. The zero-order valence-electron chi connectivity index (χ0n) is 9.07. The number of hydrogen-bond donors (Lipinski definition) is 1. The van der Waals surface area contributed by atoms with E-state index in [1.165, 1.54) is 25.7 Å². The van der Waals surface area contributed by atoms with Crippen molar-refractivity contribution in [2.75, 3.05) is 0 Å². The summed E-state index contributed by atoms with van der Waals surface area (Å²) in [6.07, 6.45) is 5.32. The molecule has 0 saturated heterocycles. The summed E-state index contributed by atoms with van der Waals surface area (Å²) in [7, 11) is 0. The largest absolute Gasteiger partial charge is 0.325 e. The summed E-state index contributed by atoms with van der Waals surface area (Å²) in [5.41, 5.74) is 7.56. The van der Waals surface area contributed by atoms with E-state index in [4.69, 9.17) is 5.73 Å². The monoisotopic (exact) mass is 223 g/mol. The van der Waals surface area contributed by atoms with Gasteiger partial charge >= 0.3 is 0 Å². The first kappa shape index (κ1) is 10.9. The predicted octanol–water partition coefficient (Wildman–Crippen LogP) is 2.28. The van der Waals surface area contributed by atoms with Crippen LogP contribution in [0.25, 0.3) is 0 Å². The summed E-state index contributed by atoms with van der Waals surface area (Å²) in [4.78, 5) is 8.88. The van der Waals surface area contributed by atoms with Crippen LogP contribution >= 0.6 is 11.8 Å². The fourth-order valence-electron chi connectivity index (χ4n) is 1.92. The highest BCUT2D eigenvalue weighted by Crippen LogP contribution is 2.32. The van der Waals surface area contributed by atoms with Gasteiger partial charge in [0.15, 0.2) is 5.16 Å². The summed E-state index contributed by atoms with van der Waals surface area (Å²) >= 11 is 1.82. The Kier molecular flexibility index (Phi) is 3.59. The van der Waals surface area contributed by atoms with Crippen molar-refractivity contribution in [2.45, 2.75) is 49.6 Å². The maximum absolute atomic E-state index is 5.60. The van der Waals surface area contributed by atoms with Crippen LogP contribution in [0.2, 0.25) is 0 Å². The molecule has 0 unspecified atom stereocenters. The quantitative estimate of drug-likeness (QED) is 0.799. The molecule has 82 valence electrons. The van der Waals surface area contributed by atoms with Crippen LogP contribution in [-0.4, -0.2) is 15.2 Å². The molecular weight excluding hydrogens is 206 g/mol. The number of nitrogens with zero attached hydrogens (tertiary/aromatic N) is 2. The first-order valence-corrected chi connectivity index (χ1v) is 6.37. The fraction of sp³-hybridized carbons (Fsp3) is 0.636. The van der Waals surface area contributed by atoms with Gasteiger partial charge in [0, 0.05) is 17.5 Å². The van der Waals surface area contributed by atoms with E-state index in [1.807, 2.05) is 24.8 Å². The Morgan fingerprint density at radius 2 is 2.13 bits per heavy atom. The maximum atomic E-state index is 5.60. The van der Waals surface area contributed by atoms with Crippen molar-refractivity contribution in [1.29, 1.82) is 0 Å². The lowest BCUT2D eigenvalue weighted by molar-refractivity contribution is 0.837. The van der Waals surface area contributed by atoms with Crippen LogP contribution in [-0.2, 0) is 6.54 Å². The Morgan fingerprint density at radius 3 is 2.80 bits per heavy atom. The molecule has 15 heavy (non-hydrogen) atoms. The molecule has 1 aromatic heterocycles. The van der Waals surface area contributed by atoms with Crippen LogP contribution in [0, 0.1) is 6.92 Å². The molecule has 0 amide bonds. The number of thioether (sulfide) groups is 1. The molecule has 3 nitrogen and oxygen atoms in total. The Morgan fingerprint density at radius 1 is 1.40 bits per heavy atom. The number of aryl methyl sites for hydroxylation is 1.